The molecule has 0 N–H and O–H groups in total. The Morgan fingerprint density at radius 2 is 2.00 bits per heavy atom. The first-order valence-electron chi connectivity index (χ1n) is 7.96. The predicted molar refractivity (Wildman–Crippen MR) is 97.7 cm³/mol. The Labute approximate surface area is 157 Å². The average Bonchev–Trinajstić information content (AvgIpc) is 3.00. The van der Waals surface area contributed by atoms with Crippen molar-refractivity contribution < 1.29 is 23.4 Å². The van der Waals surface area contributed by atoms with Gasteiger partial charge in [-0.1, -0.05) is 6.92 Å². The molecule has 142 valence electrons. The van der Waals surface area contributed by atoms with Crippen molar-refractivity contribution >= 4 is 18.2 Å². The first-order chi connectivity index (χ1) is 12.4. The van der Waals surface area contributed by atoms with Gasteiger partial charge in [0.15, 0.2) is 11.5 Å². The van der Waals surface area contributed by atoms with Crippen LogP contribution in [0.2, 0.25) is 0 Å². The van der Waals surface area contributed by atoms with Crippen LogP contribution in [0.15, 0.2) is 22.6 Å². The van der Waals surface area contributed by atoms with Crippen LogP contribution in [0.1, 0.15) is 6.92 Å². The lowest BCUT2D eigenvalue weighted by Crippen LogP contribution is -2.31. The normalized spacial score (nSPS) is 12.1. The van der Waals surface area contributed by atoms with Gasteiger partial charge in [-0.2, -0.15) is 0 Å². The molecule has 0 aliphatic carbocycles. The number of aromatic nitrogens is 2. The van der Waals surface area contributed by atoms with Gasteiger partial charge in [0.1, 0.15) is 0 Å². The molecule has 1 heterocycles. The number of esters is 1. The van der Waals surface area contributed by atoms with Crippen molar-refractivity contribution in [2.75, 3.05) is 34.9 Å². The molecule has 1 atom stereocenters. The third kappa shape index (κ3) is 4.61. The Balaban J connectivity index is 2.16. The number of nitrogens with zero attached hydrogens (tertiary/aromatic N) is 3. The van der Waals surface area contributed by atoms with Gasteiger partial charge < -0.3 is 18.6 Å². The van der Waals surface area contributed by atoms with Crippen LogP contribution < -0.4 is 9.47 Å². The van der Waals surface area contributed by atoms with Gasteiger partial charge >= 0.3 is 5.97 Å². The number of rotatable bonds is 8. The SMILES string of the molecule is COC(=O)[C@H](C)CN(C)Cn1nc(-c2ccc(OC)c(OC)c2)oc1=S. The van der Waals surface area contributed by atoms with Crippen molar-refractivity contribution in [2.45, 2.75) is 13.6 Å². The Morgan fingerprint density at radius 3 is 2.62 bits per heavy atom. The van der Waals surface area contributed by atoms with E-state index in [1.807, 2.05) is 18.0 Å². The lowest BCUT2D eigenvalue weighted by atomic mass is 10.2. The van der Waals surface area contributed by atoms with Gasteiger partial charge in [0.05, 0.1) is 33.9 Å². The molecule has 26 heavy (non-hydrogen) atoms. The van der Waals surface area contributed by atoms with Crippen LogP contribution >= 0.6 is 12.2 Å². The lowest BCUT2D eigenvalue weighted by molar-refractivity contribution is -0.145. The van der Waals surface area contributed by atoms with E-state index in [2.05, 4.69) is 5.10 Å². The van der Waals surface area contributed by atoms with E-state index in [0.29, 0.717) is 30.6 Å². The Hall–Kier alpha value is -2.39. The monoisotopic (exact) mass is 381 g/mol. The maximum absolute atomic E-state index is 11.5. The zero-order valence-corrected chi connectivity index (χ0v) is 16.3. The maximum Gasteiger partial charge on any atom is 0.309 e. The zero-order chi connectivity index (χ0) is 19.3. The summed E-state index contributed by atoms with van der Waals surface area (Å²) in [7, 11) is 6.38. The first kappa shape index (κ1) is 19.9. The molecular formula is C17H23N3O5S. The minimum Gasteiger partial charge on any atom is -0.493 e. The van der Waals surface area contributed by atoms with E-state index in [9.17, 15) is 4.79 Å². The van der Waals surface area contributed by atoms with Gasteiger partial charge in [-0.15, -0.1) is 5.10 Å². The standard InChI is InChI=1S/C17H23N3O5S/c1-11(16(21)24-5)9-19(2)10-20-17(26)25-15(18-20)12-6-7-13(22-3)14(8-12)23-4/h6-8,11H,9-10H2,1-5H3/t11-/m1/s1. The minimum absolute atomic E-state index is 0.243. The third-order valence-corrected chi connectivity index (χ3v) is 4.10. The fourth-order valence-electron chi connectivity index (χ4n) is 2.51. The number of methoxy groups -OCH3 is 3. The highest BCUT2D eigenvalue weighted by molar-refractivity contribution is 7.71. The lowest BCUT2D eigenvalue weighted by Gasteiger charge is -2.19. The van der Waals surface area contributed by atoms with Crippen molar-refractivity contribution in [1.82, 2.24) is 14.7 Å². The summed E-state index contributed by atoms with van der Waals surface area (Å²) in [6.07, 6.45) is 0. The summed E-state index contributed by atoms with van der Waals surface area (Å²) in [6.45, 7) is 2.70. The van der Waals surface area contributed by atoms with Gasteiger partial charge in [-0.25, -0.2) is 4.68 Å². The molecule has 0 spiro atoms. The van der Waals surface area contributed by atoms with Crippen molar-refractivity contribution in [3.8, 4) is 23.0 Å². The summed E-state index contributed by atoms with van der Waals surface area (Å²) in [6, 6.07) is 5.36. The molecule has 0 unspecified atom stereocenters. The molecule has 0 aliphatic rings. The van der Waals surface area contributed by atoms with E-state index in [-0.39, 0.29) is 16.7 Å². The van der Waals surface area contributed by atoms with Gasteiger partial charge in [0.2, 0.25) is 5.89 Å². The van der Waals surface area contributed by atoms with Gasteiger partial charge in [0.25, 0.3) is 4.84 Å². The molecule has 0 amide bonds. The molecule has 2 aromatic rings. The van der Waals surface area contributed by atoms with Crippen molar-refractivity contribution in [3.05, 3.63) is 23.0 Å². The Bertz CT molecular complexity index is 817. The largest absolute Gasteiger partial charge is 0.493 e. The number of hydrogen-bond acceptors (Lipinski definition) is 8. The van der Waals surface area contributed by atoms with Crippen molar-refractivity contribution in [3.63, 3.8) is 0 Å². The Kier molecular flexibility index (Phi) is 6.76. The van der Waals surface area contributed by atoms with Crippen LogP contribution in [0.3, 0.4) is 0 Å². The predicted octanol–water partition coefficient (Wildman–Crippen LogP) is 2.59. The molecule has 0 saturated carbocycles. The van der Waals surface area contributed by atoms with E-state index < -0.39 is 0 Å². The second kappa shape index (κ2) is 8.81. The van der Waals surface area contributed by atoms with Gasteiger partial charge in [-0.3, -0.25) is 9.69 Å². The van der Waals surface area contributed by atoms with E-state index in [1.165, 1.54) is 7.11 Å². The topological polar surface area (TPSA) is 79.0 Å². The van der Waals surface area contributed by atoms with Gasteiger partial charge in [-0.05, 0) is 37.5 Å². The average molecular weight is 381 g/mol. The molecule has 0 aliphatic heterocycles. The fourth-order valence-corrected chi connectivity index (χ4v) is 2.69. The first-order valence-corrected chi connectivity index (χ1v) is 8.37. The molecule has 8 nitrogen and oxygen atoms in total. The number of carbonyl (C=O) groups excluding carboxylic acids is 1. The van der Waals surface area contributed by atoms with Crippen LogP contribution in [0.5, 0.6) is 11.5 Å². The molecule has 0 saturated heterocycles. The highest BCUT2D eigenvalue weighted by atomic mass is 32.1. The summed E-state index contributed by atoms with van der Waals surface area (Å²) >= 11 is 5.25. The summed E-state index contributed by atoms with van der Waals surface area (Å²) in [5, 5.41) is 4.41. The number of benzene rings is 1. The molecule has 0 bridgehead atoms. The third-order valence-electron chi connectivity index (χ3n) is 3.80. The molecular weight excluding hydrogens is 358 g/mol. The molecule has 2 rings (SSSR count). The van der Waals surface area contributed by atoms with Gasteiger partial charge in [0, 0.05) is 12.1 Å². The maximum atomic E-state index is 11.5. The highest BCUT2D eigenvalue weighted by Gasteiger charge is 2.17. The summed E-state index contributed by atoms with van der Waals surface area (Å²) < 4.78 is 22.4. The highest BCUT2D eigenvalue weighted by Crippen LogP contribution is 2.31. The molecule has 9 heteroatoms. The molecule has 1 aromatic carbocycles. The summed E-state index contributed by atoms with van der Waals surface area (Å²) in [5.41, 5.74) is 0.720. The molecule has 0 fully saturated rings. The fraction of sp³-hybridized carbons (Fsp3) is 0.471. The zero-order valence-electron chi connectivity index (χ0n) is 15.5. The minimum atomic E-state index is -0.258. The quantitative estimate of drug-likeness (QED) is 0.510. The number of carbonyl (C=O) groups is 1. The second-order valence-corrected chi connectivity index (χ2v) is 6.20. The van der Waals surface area contributed by atoms with E-state index in [4.69, 9.17) is 30.8 Å². The molecule has 1 aromatic heterocycles. The van der Waals surface area contributed by atoms with Crippen LogP contribution in [0, 0.1) is 10.8 Å². The number of ether oxygens (including phenoxy) is 3. The Morgan fingerprint density at radius 1 is 1.31 bits per heavy atom. The van der Waals surface area contributed by atoms with Crippen LogP contribution in [-0.2, 0) is 16.2 Å². The molecule has 0 radical (unpaired) electrons. The van der Waals surface area contributed by atoms with Crippen LogP contribution in [0.4, 0.5) is 0 Å². The van der Waals surface area contributed by atoms with E-state index >= 15 is 0 Å². The summed E-state index contributed by atoms with van der Waals surface area (Å²) in [4.78, 5) is 13.7. The second-order valence-electron chi connectivity index (χ2n) is 5.85. The van der Waals surface area contributed by atoms with E-state index in [0.717, 1.165) is 5.56 Å². The van der Waals surface area contributed by atoms with Crippen molar-refractivity contribution in [1.29, 1.82) is 0 Å². The summed E-state index contributed by atoms with van der Waals surface area (Å²) in [5.74, 6) is 1.06. The number of hydrogen-bond donors (Lipinski definition) is 0. The smallest absolute Gasteiger partial charge is 0.309 e. The van der Waals surface area contributed by atoms with Crippen LogP contribution in [-0.4, -0.2) is 55.6 Å². The van der Waals surface area contributed by atoms with Crippen molar-refractivity contribution in [2.24, 2.45) is 5.92 Å². The van der Waals surface area contributed by atoms with Crippen LogP contribution in [0.25, 0.3) is 11.5 Å². The van der Waals surface area contributed by atoms with E-state index in [1.54, 1.807) is 38.0 Å².